The lowest BCUT2D eigenvalue weighted by molar-refractivity contribution is -0.151. The summed E-state index contributed by atoms with van der Waals surface area (Å²) in [6.45, 7) is 3.55. The van der Waals surface area contributed by atoms with Crippen molar-refractivity contribution in [2.24, 2.45) is 5.41 Å². The first-order valence-corrected chi connectivity index (χ1v) is 7.13. The van der Waals surface area contributed by atoms with Crippen LogP contribution < -0.4 is 10.1 Å². The van der Waals surface area contributed by atoms with Gasteiger partial charge in [0.15, 0.2) is 0 Å². The van der Waals surface area contributed by atoms with E-state index >= 15 is 0 Å². The molecule has 0 saturated carbocycles. The van der Waals surface area contributed by atoms with E-state index in [9.17, 15) is 14.7 Å². The zero-order valence-electron chi connectivity index (χ0n) is 12.4. The average Bonchev–Trinajstić information content (AvgIpc) is 2.46. The molecule has 6 heteroatoms. The van der Waals surface area contributed by atoms with Crippen molar-refractivity contribution in [1.29, 1.82) is 0 Å². The maximum atomic E-state index is 12.1. The number of benzene rings is 1. The predicted octanol–water partition coefficient (Wildman–Crippen LogP) is 3.57. The number of carboxylic acids is 1. The topological polar surface area (TPSA) is 75.6 Å². The predicted molar refractivity (Wildman–Crippen MR) is 81.9 cm³/mol. The van der Waals surface area contributed by atoms with Crippen LogP contribution in [0.15, 0.2) is 18.2 Å². The van der Waals surface area contributed by atoms with E-state index in [1.54, 1.807) is 32.0 Å². The first-order chi connectivity index (χ1) is 9.88. The molecular weight excluding hydrogens is 294 g/mol. The minimum atomic E-state index is -1.03. The lowest BCUT2D eigenvalue weighted by Crippen LogP contribution is -2.34. The minimum absolute atomic E-state index is 0.0692. The molecule has 5 nitrogen and oxygen atoms in total. The number of carboxylic acid groups (broad SMARTS) is 1. The average molecular weight is 314 g/mol. The van der Waals surface area contributed by atoms with E-state index in [2.05, 4.69) is 5.32 Å². The van der Waals surface area contributed by atoms with Crippen LogP contribution in [0, 0.1) is 5.41 Å². The molecular formula is C15H20ClNO4. The first-order valence-electron chi connectivity index (χ1n) is 6.75. The maximum absolute atomic E-state index is 12.1. The number of anilines is 1. The standard InChI is InChI=1S/C15H20ClNO4/c1-4-15(5-2,14(19)20)9-13(18)17-10-6-7-11(16)12(8-10)21-3/h6-8H,4-5,9H2,1-3H3,(H,17,18)(H,19,20). The number of aliphatic carboxylic acids is 1. The lowest BCUT2D eigenvalue weighted by Gasteiger charge is -2.25. The Hall–Kier alpha value is -1.75. The molecule has 0 bridgehead atoms. The summed E-state index contributed by atoms with van der Waals surface area (Å²) in [6, 6.07) is 4.85. The number of methoxy groups -OCH3 is 1. The second-order valence-corrected chi connectivity index (χ2v) is 5.27. The van der Waals surface area contributed by atoms with Crippen LogP contribution in [0.3, 0.4) is 0 Å². The third-order valence-electron chi connectivity index (χ3n) is 3.74. The van der Waals surface area contributed by atoms with Gasteiger partial charge in [-0.2, -0.15) is 0 Å². The SMILES string of the molecule is CCC(CC)(CC(=O)Nc1ccc(Cl)c(OC)c1)C(=O)O. The highest BCUT2D eigenvalue weighted by Crippen LogP contribution is 2.32. The van der Waals surface area contributed by atoms with Gasteiger partial charge in [0.2, 0.25) is 5.91 Å². The molecule has 116 valence electrons. The summed E-state index contributed by atoms with van der Waals surface area (Å²) in [5.41, 5.74) is -0.506. The van der Waals surface area contributed by atoms with Gasteiger partial charge in [0.25, 0.3) is 0 Å². The van der Waals surface area contributed by atoms with Crippen molar-refractivity contribution >= 4 is 29.2 Å². The van der Waals surface area contributed by atoms with Crippen molar-refractivity contribution in [2.45, 2.75) is 33.1 Å². The minimum Gasteiger partial charge on any atom is -0.495 e. The van der Waals surface area contributed by atoms with Crippen LogP contribution in [0.1, 0.15) is 33.1 Å². The van der Waals surface area contributed by atoms with Crippen molar-refractivity contribution < 1.29 is 19.4 Å². The van der Waals surface area contributed by atoms with E-state index in [1.807, 2.05) is 0 Å². The summed E-state index contributed by atoms with van der Waals surface area (Å²) < 4.78 is 5.07. The van der Waals surface area contributed by atoms with E-state index in [1.165, 1.54) is 7.11 Å². The Morgan fingerprint density at radius 1 is 1.33 bits per heavy atom. The molecule has 21 heavy (non-hydrogen) atoms. The Morgan fingerprint density at radius 3 is 2.43 bits per heavy atom. The number of amides is 1. The number of hydrogen-bond acceptors (Lipinski definition) is 3. The van der Waals surface area contributed by atoms with E-state index < -0.39 is 11.4 Å². The van der Waals surface area contributed by atoms with Crippen LogP contribution in [0.2, 0.25) is 5.02 Å². The van der Waals surface area contributed by atoms with Crippen LogP contribution in [0.4, 0.5) is 5.69 Å². The summed E-state index contributed by atoms with van der Waals surface area (Å²) in [5.74, 6) is -0.841. The molecule has 0 aliphatic heterocycles. The van der Waals surface area contributed by atoms with E-state index in [0.717, 1.165) is 0 Å². The summed E-state index contributed by atoms with van der Waals surface area (Å²) in [5, 5.41) is 12.5. The quantitative estimate of drug-likeness (QED) is 0.807. The summed E-state index contributed by atoms with van der Waals surface area (Å²) in [4.78, 5) is 23.5. The fourth-order valence-electron chi connectivity index (χ4n) is 2.13. The number of nitrogens with one attached hydrogen (secondary N) is 1. The number of carbonyl (C=O) groups is 2. The molecule has 0 radical (unpaired) electrons. The molecule has 0 aromatic heterocycles. The third-order valence-corrected chi connectivity index (χ3v) is 4.05. The van der Waals surface area contributed by atoms with E-state index in [4.69, 9.17) is 16.3 Å². The van der Waals surface area contributed by atoms with Crippen LogP contribution >= 0.6 is 11.6 Å². The van der Waals surface area contributed by atoms with Gasteiger partial charge in [0, 0.05) is 18.2 Å². The molecule has 1 amide bonds. The number of carbonyl (C=O) groups excluding carboxylic acids is 1. The number of halogens is 1. The van der Waals surface area contributed by atoms with Crippen LogP contribution in [0.5, 0.6) is 5.75 Å². The van der Waals surface area contributed by atoms with Crippen molar-refractivity contribution in [1.82, 2.24) is 0 Å². The Kier molecular flexibility index (Phi) is 6.03. The zero-order chi connectivity index (χ0) is 16.0. The molecule has 2 N–H and O–H groups in total. The normalized spacial score (nSPS) is 11.0. The molecule has 0 aliphatic rings. The van der Waals surface area contributed by atoms with Gasteiger partial charge >= 0.3 is 5.97 Å². The molecule has 0 spiro atoms. The fourth-order valence-corrected chi connectivity index (χ4v) is 2.32. The lowest BCUT2D eigenvalue weighted by atomic mass is 9.79. The van der Waals surface area contributed by atoms with Gasteiger partial charge in [-0.1, -0.05) is 25.4 Å². The number of hydrogen-bond donors (Lipinski definition) is 2. The van der Waals surface area contributed by atoms with Crippen LogP contribution in [-0.2, 0) is 9.59 Å². The van der Waals surface area contributed by atoms with Crippen molar-refractivity contribution in [3.05, 3.63) is 23.2 Å². The smallest absolute Gasteiger partial charge is 0.310 e. The molecule has 1 aromatic carbocycles. The molecule has 0 atom stereocenters. The van der Waals surface area contributed by atoms with Gasteiger partial charge < -0.3 is 15.2 Å². The Morgan fingerprint density at radius 2 is 1.95 bits per heavy atom. The Labute approximate surface area is 129 Å². The molecule has 0 saturated heterocycles. The summed E-state index contributed by atoms with van der Waals surface area (Å²) in [7, 11) is 1.48. The summed E-state index contributed by atoms with van der Waals surface area (Å²) >= 11 is 5.91. The fraction of sp³-hybridized carbons (Fsp3) is 0.467. The van der Waals surface area contributed by atoms with Crippen molar-refractivity contribution in [3.8, 4) is 5.75 Å². The molecule has 0 fully saturated rings. The highest BCUT2D eigenvalue weighted by molar-refractivity contribution is 6.32. The van der Waals surface area contributed by atoms with Gasteiger partial charge in [0.1, 0.15) is 5.75 Å². The van der Waals surface area contributed by atoms with E-state index in [0.29, 0.717) is 29.3 Å². The number of rotatable bonds is 7. The van der Waals surface area contributed by atoms with Gasteiger partial charge in [-0.05, 0) is 25.0 Å². The van der Waals surface area contributed by atoms with Crippen LogP contribution in [0.25, 0.3) is 0 Å². The zero-order valence-corrected chi connectivity index (χ0v) is 13.2. The van der Waals surface area contributed by atoms with Gasteiger partial charge in [-0.3, -0.25) is 9.59 Å². The van der Waals surface area contributed by atoms with E-state index in [-0.39, 0.29) is 12.3 Å². The van der Waals surface area contributed by atoms with Gasteiger partial charge in [0.05, 0.1) is 17.5 Å². The van der Waals surface area contributed by atoms with Crippen molar-refractivity contribution in [3.63, 3.8) is 0 Å². The molecule has 0 heterocycles. The first kappa shape index (κ1) is 17.3. The molecule has 1 aromatic rings. The Balaban J connectivity index is 2.84. The Bertz CT molecular complexity index is 526. The third kappa shape index (κ3) is 4.11. The van der Waals surface area contributed by atoms with Crippen molar-refractivity contribution in [2.75, 3.05) is 12.4 Å². The highest BCUT2D eigenvalue weighted by atomic mass is 35.5. The monoisotopic (exact) mass is 313 g/mol. The highest BCUT2D eigenvalue weighted by Gasteiger charge is 2.37. The summed E-state index contributed by atoms with van der Waals surface area (Å²) in [6.07, 6.45) is 0.729. The second kappa shape index (κ2) is 7.31. The van der Waals surface area contributed by atoms with Crippen LogP contribution in [-0.4, -0.2) is 24.1 Å². The van der Waals surface area contributed by atoms with Gasteiger partial charge in [-0.15, -0.1) is 0 Å². The molecule has 0 aliphatic carbocycles. The molecule has 1 rings (SSSR count). The largest absolute Gasteiger partial charge is 0.495 e. The van der Waals surface area contributed by atoms with Gasteiger partial charge in [-0.25, -0.2) is 0 Å². The number of ether oxygens (including phenoxy) is 1. The second-order valence-electron chi connectivity index (χ2n) is 4.87. The molecule has 0 unspecified atom stereocenters. The maximum Gasteiger partial charge on any atom is 0.310 e.